The molecule has 1 aromatic carbocycles. The van der Waals surface area contributed by atoms with Gasteiger partial charge < -0.3 is 15.7 Å². The number of aliphatic hydroxyl groups is 1. The standard InChI is InChI=1S/C30H31FN6O3S/c1-37-10-2-3-26(37)18-5-9-28(32-16-18)33-25-15-23(35-36-30(25)40)17-4-7-22(31)24(13-17)34-29(39)14-21-12-19-11-20(38)6-8-27(19)41-21/h4-5,7,9,12-13,15-16,20,26,38H,2-3,6,8,10-11,14H2,1H3,(H,34,39)(H,36,40)(H,32,33,35)/t20?,26-/m0/s1. The SMILES string of the molecule is CN1CCC[C@H]1c1ccc(Nc2cc(-c3ccc(F)c(NC(=O)Cc4cc5c(s4)CCC(O)C5)c3)n[nH]c2=O)nc1. The molecule has 6 rings (SSSR count). The number of fused-ring (bicyclic) bond motifs is 1. The number of likely N-dealkylation sites (tertiary alicyclic amines) is 1. The molecule has 11 heteroatoms. The van der Waals surface area contributed by atoms with Crippen molar-refractivity contribution in [3.63, 3.8) is 0 Å². The largest absolute Gasteiger partial charge is 0.393 e. The zero-order valence-electron chi connectivity index (χ0n) is 22.6. The van der Waals surface area contributed by atoms with Gasteiger partial charge in [0.15, 0.2) is 0 Å². The van der Waals surface area contributed by atoms with Crippen molar-refractivity contribution in [1.82, 2.24) is 20.1 Å². The van der Waals surface area contributed by atoms with E-state index in [0.29, 0.717) is 29.5 Å². The van der Waals surface area contributed by atoms with Gasteiger partial charge in [0.1, 0.15) is 17.3 Å². The van der Waals surface area contributed by atoms with Gasteiger partial charge in [0.05, 0.1) is 23.9 Å². The number of nitrogens with zero attached hydrogens (tertiary/aromatic N) is 3. The van der Waals surface area contributed by atoms with Crippen molar-refractivity contribution in [1.29, 1.82) is 0 Å². The van der Waals surface area contributed by atoms with E-state index in [-0.39, 0.29) is 29.8 Å². The number of H-pyrrole nitrogens is 1. The third kappa shape index (κ3) is 6.07. The highest BCUT2D eigenvalue weighted by molar-refractivity contribution is 7.12. The number of aromatic nitrogens is 3. The van der Waals surface area contributed by atoms with Gasteiger partial charge in [0, 0.05) is 27.6 Å². The second-order valence-corrected chi connectivity index (χ2v) is 11.9. The van der Waals surface area contributed by atoms with Gasteiger partial charge >= 0.3 is 0 Å². The van der Waals surface area contributed by atoms with Crippen molar-refractivity contribution in [2.75, 3.05) is 24.2 Å². The lowest BCUT2D eigenvalue weighted by molar-refractivity contribution is -0.115. The zero-order valence-corrected chi connectivity index (χ0v) is 23.4. The van der Waals surface area contributed by atoms with Crippen molar-refractivity contribution in [2.45, 2.75) is 50.7 Å². The maximum absolute atomic E-state index is 14.7. The molecule has 1 unspecified atom stereocenters. The molecule has 1 saturated heterocycles. The van der Waals surface area contributed by atoms with Crippen molar-refractivity contribution >= 4 is 34.4 Å². The van der Waals surface area contributed by atoms with Gasteiger partial charge in [0.2, 0.25) is 5.91 Å². The molecule has 1 aliphatic heterocycles. The first-order chi connectivity index (χ1) is 19.8. The fraction of sp³-hybridized carbons (Fsp3) is 0.333. The molecule has 0 bridgehead atoms. The van der Waals surface area contributed by atoms with E-state index in [1.54, 1.807) is 23.5 Å². The minimum Gasteiger partial charge on any atom is -0.393 e. The van der Waals surface area contributed by atoms with Crippen LogP contribution in [-0.2, 0) is 24.1 Å². The Morgan fingerprint density at radius 1 is 1.20 bits per heavy atom. The number of halogens is 1. The molecule has 9 nitrogen and oxygen atoms in total. The van der Waals surface area contributed by atoms with Crippen LogP contribution < -0.4 is 16.2 Å². The van der Waals surface area contributed by atoms with Gasteiger partial charge in [0.25, 0.3) is 5.56 Å². The Morgan fingerprint density at radius 2 is 2.07 bits per heavy atom. The van der Waals surface area contributed by atoms with E-state index in [0.717, 1.165) is 48.2 Å². The molecule has 0 spiro atoms. The van der Waals surface area contributed by atoms with Crippen molar-refractivity contribution in [3.05, 3.63) is 85.7 Å². The zero-order chi connectivity index (χ0) is 28.5. The van der Waals surface area contributed by atoms with Gasteiger partial charge in [-0.15, -0.1) is 11.3 Å². The predicted molar refractivity (Wildman–Crippen MR) is 157 cm³/mol. The van der Waals surface area contributed by atoms with Crippen molar-refractivity contribution in [2.24, 2.45) is 0 Å². The molecular formula is C30H31FN6O3S. The van der Waals surface area contributed by atoms with Crippen molar-refractivity contribution in [3.8, 4) is 11.3 Å². The number of amides is 1. The summed E-state index contributed by atoms with van der Waals surface area (Å²) in [5, 5.41) is 22.2. The van der Waals surface area contributed by atoms with E-state index in [4.69, 9.17) is 0 Å². The van der Waals surface area contributed by atoms with E-state index >= 15 is 0 Å². The number of pyridine rings is 1. The van der Waals surface area contributed by atoms with Gasteiger partial charge in [-0.1, -0.05) is 6.07 Å². The van der Waals surface area contributed by atoms with E-state index in [1.165, 1.54) is 17.0 Å². The van der Waals surface area contributed by atoms with Gasteiger partial charge in [-0.2, -0.15) is 5.10 Å². The first-order valence-corrected chi connectivity index (χ1v) is 14.6. The molecule has 3 aromatic heterocycles. The normalized spacial score (nSPS) is 18.7. The van der Waals surface area contributed by atoms with Crippen molar-refractivity contribution < 1.29 is 14.3 Å². The average molecular weight is 575 g/mol. The molecule has 2 atom stereocenters. The topological polar surface area (TPSA) is 123 Å². The molecule has 1 fully saturated rings. The number of thiophene rings is 1. The Hall–Kier alpha value is -3.93. The molecule has 1 amide bonds. The average Bonchev–Trinajstić information content (AvgIpc) is 3.56. The van der Waals surface area contributed by atoms with Crippen LogP contribution in [0.15, 0.2) is 53.5 Å². The number of aliphatic hydroxyl groups excluding tert-OH is 1. The summed E-state index contributed by atoms with van der Waals surface area (Å²) < 4.78 is 14.7. The number of aromatic amines is 1. The van der Waals surface area contributed by atoms with Crippen LogP contribution >= 0.6 is 11.3 Å². The molecule has 212 valence electrons. The van der Waals surface area contributed by atoms with E-state index in [2.05, 4.69) is 37.8 Å². The summed E-state index contributed by atoms with van der Waals surface area (Å²) in [6.45, 7) is 1.07. The van der Waals surface area contributed by atoms with Crippen LogP contribution in [0.25, 0.3) is 11.3 Å². The maximum Gasteiger partial charge on any atom is 0.287 e. The number of carbonyl (C=O) groups excluding carboxylic acids is 1. The fourth-order valence-electron chi connectivity index (χ4n) is 5.58. The Kier molecular flexibility index (Phi) is 7.65. The molecular weight excluding hydrogens is 543 g/mol. The quantitative estimate of drug-likeness (QED) is 0.255. The number of nitrogens with one attached hydrogen (secondary N) is 3. The molecule has 2 aliphatic rings. The highest BCUT2D eigenvalue weighted by Gasteiger charge is 2.23. The van der Waals surface area contributed by atoms with E-state index in [9.17, 15) is 19.1 Å². The number of aryl methyl sites for hydroxylation is 1. The summed E-state index contributed by atoms with van der Waals surface area (Å²) in [6.07, 6.45) is 6.00. The summed E-state index contributed by atoms with van der Waals surface area (Å²) in [7, 11) is 2.11. The Labute approximate surface area is 240 Å². The highest BCUT2D eigenvalue weighted by Crippen LogP contribution is 2.32. The molecule has 1 aliphatic carbocycles. The Bertz CT molecular complexity index is 1640. The molecule has 4 aromatic rings. The van der Waals surface area contributed by atoms with Crippen LogP contribution in [0, 0.1) is 5.82 Å². The number of anilines is 3. The monoisotopic (exact) mass is 574 g/mol. The summed E-state index contributed by atoms with van der Waals surface area (Å²) in [5.41, 5.74) is 3.00. The third-order valence-corrected chi connectivity index (χ3v) is 8.97. The lowest BCUT2D eigenvalue weighted by Crippen LogP contribution is -2.18. The van der Waals surface area contributed by atoms with Crippen LogP contribution in [0.2, 0.25) is 0 Å². The fourth-order valence-corrected chi connectivity index (χ4v) is 6.79. The van der Waals surface area contributed by atoms with E-state index in [1.807, 2.05) is 24.4 Å². The number of carbonyl (C=O) groups is 1. The van der Waals surface area contributed by atoms with Crippen LogP contribution in [0.4, 0.5) is 21.6 Å². The van der Waals surface area contributed by atoms with Gasteiger partial charge in [-0.25, -0.2) is 14.5 Å². The third-order valence-electron chi connectivity index (χ3n) is 7.74. The van der Waals surface area contributed by atoms with Crippen LogP contribution in [-0.4, -0.2) is 50.8 Å². The summed E-state index contributed by atoms with van der Waals surface area (Å²) in [4.78, 5) is 34.2. The molecule has 41 heavy (non-hydrogen) atoms. The Morgan fingerprint density at radius 3 is 2.85 bits per heavy atom. The second kappa shape index (κ2) is 11.5. The first kappa shape index (κ1) is 27.3. The molecule has 0 radical (unpaired) electrons. The number of hydrogen-bond acceptors (Lipinski definition) is 8. The minimum atomic E-state index is -0.573. The summed E-state index contributed by atoms with van der Waals surface area (Å²) >= 11 is 1.57. The lowest BCUT2D eigenvalue weighted by Gasteiger charge is -2.19. The maximum atomic E-state index is 14.7. The number of hydrogen-bond donors (Lipinski definition) is 4. The highest BCUT2D eigenvalue weighted by atomic mass is 32.1. The predicted octanol–water partition coefficient (Wildman–Crippen LogP) is 4.57. The van der Waals surface area contributed by atoms with Crippen LogP contribution in [0.3, 0.4) is 0 Å². The van der Waals surface area contributed by atoms with Crippen LogP contribution in [0.5, 0.6) is 0 Å². The van der Waals surface area contributed by atoms with Gasteiger partial charge in [-0.3, -0.25) is 14.5 Å². The van der Waals surface area contributed by atoms with Crippen LogP contribution in [0.1, 0.15) is 46.2 Å². The Balaban J connectivity index is 1.16. The summed E-state index contributed by atoms with van der Waals surface area (Å²) in [5.74, 6) is -0.389. The van der Waals surface area contributed by atoms with Gasteiger partial charge in [-0.05, 0) is 93.2 Å². The second-order valence-electron chi connectivity index (χ2n) is 10.7. The number of benzene rings is 1. The minimum absolute atomic E-state index is 0.0286. The summed E-state index contributed by atoms with van der Waals surface area (Å²) in [6, 6.07) is 12.0. The number of rotatable bonds is 7. The first-order valence-electron chi connectivity index (χ1n) is 13.7. The molecule has 4 heterocycles. The van der Waals surface area contributed by atoms with E-state index < -0.39 is 11.4 Å². The molecule has 4 N–H and O–H groups in total. The lowest BCUT2D eigenvalue weighted by atomic mass is 9.96. The smallest absolute Gasteiger partial charge is 0.287 e. The molecule has 0 saturated carbocycles.